The van der Waals surface area contributed by atoms with E-state index in [0.29, 0.717) is 42.6 Å². The number of benzene rings is 1. The van der Waals surface area contributed by atoms with Crippen LogP contribution in [-0.2, 0) is 21.2 Å². The number of thioether (sulfide) groups is 1. The van der Waals surface area contributed by atoms with Crippen LogP contribution in [0.4, 0.5) is 10.5 Å². The number of nitrogens with one attached hydrogen (secondary N) is 2. The number of nitrogens with zero attached hydrogens (tertiary/aromatic N) is 2. The number of carbonyl (C=O) groups is 2. The second-order valence-electron chi connectivity index (χ2n) is 8.54. The fourth-order valence-electron chi connectivity index (χ4n) is 4.91. The van der Waals surface area contributed by atoms with E-state index in [-0.39, 0.29) is 24.0 Å². The van der Waals surface area contributed by atoms with Crippen molar-refractivity contribution in [1.29, 1.82) is 0 Å². The molecule has 0 bridgehead atoms. The predicted molar refractivity (Wildman–Crippen MR) is 127 cm³/mol. The molecule has 2 fully saturated rings. The third kappa shape index (κ3) is 4.49. The van der Waals surface area contributed by atoms with Crippen LogP contribution in [0.15, 0.2) is 23.1 Å². The van der Waals surface area contributed by atoms with Crippen molar-refractivity contribution >= 4 is 39.4 Å². The maximum absolute atomic E-state index is 12.8. The lowest BCUT2D eigenvalue weighted by Gasteiger charge is -2.20. The van der Waals surface area contributed by atoms with Crippen molar-refractivity contribution in [3.05, 3.63) is 23.8 Å². The second-order valence-corrected chi connectivity index (χ2v) is 11.8. The zero-order valence-electron chi connectivity index (χ0n) is 18.7. The minimum atomic E-state index is -3.50. The normalized spacial score (nSPS) is 24.4. The van der Waals surface area contributed by atoms with E-state index < -0.39 is 10.0 Å². The van der Waals surface area contributed by atoms with E-state index in [1.807, 2.05) is 25.6 Å². The molecule has 2 N–H and O–H groups in total. The molecule has 3 aliphatic heterocycles. The minimum absolute atomic E-state index is 0.0683. The van der Waals surface area contributed by atoms with Crippen molar-refractivity contribution in [1.82, 2.24) is 14.9 Å². The van der Waals surface area contributed by atoms with Crippen molar-refractivity contribution in [2.24, 2.45) is 0 Å². The van der Waals surface area contributed by atoms with Crippen molar-refractivity contribution in [3.63, 3.8) is 0 Å². The van der Waals surface area contributed by atoms with Gasteiger partial charge in [0.1, 0.15) is 0 Å². The highest BCUT2D eigenvalue weighted by atomic mass is 32.2. The van der Waals surface area contributed by atoms with Crippen LogP contribution in [0.3, 0.4) is 0 Å². The number of rotatable bonds is 9. The number of unbranched alkanes of at least 4 members (excludes halogenated alkanes) is 1. The van der Waals surface area contributed by atoms with Crippen LogP contribution < -0.4 is 15.5 Å². The van der Waals surface area contributed by atoms with Crippen LogP contribution >= 0.6 is 11.8 Å². The molecule has 2 saturated heterocycles. The first kappa shape index (κ1) is 23.4. The van der Waals surface area contributed by atoms with Gasteiger partial charge in [0.05, 0.1) is 17.0 Å². The van der Waals surface area contributed by atoms with Crippen LogP contribution in [0.2, 0.25) is 0 Å². The molecule has 0 aromatic heterocycles. The molecule has 0 aliphatic carbocycles. The highest BCUT2D eigenvalue weighted by Crippen LogP contribution is 2.34. The fourth-order valence-corrected chi connectivity index (χ4v) is 7.96. The van der Waals surface area contributed by atoms with Crippen molar-refractivity contribution in [3.8, 4) is 0 Å². The molecule has 3 heterocycles. The van der Waals surface area contributed by atoms with Gasteiger partial charge < -0.3 is 15.5 Å². The average molecular weight is 481 g/mol. The Kier molecular flexibility index (Phi) is 7.02. The van der Waals surface area contributed by atoms with E-state index in [0.717, 1.165) is 36.3 Å². The first-order valence-corrected chi connectivity index (χ1v) is 14.0. The first-order chi connectivity index (χ1) is 15.3. The second kappa shape index (κ2) is 9.61. The molecular weight excluding hydrogens is 448 g/mol. The van der Waals surface area contributed by atoms with Crippen molar-refractivity contribution < 1.29 is 18.0 Å². The Hall–Kier alpha value is -1.78. The number of urea groups is 1. The number of carbonyl (C=O) groups excluding carboxylic acids is 2. The van der Waals surface area contributed by atoms with Gasteiger partial charge in [-0.25, -0.2) is 13.2 Å². The predicted octanol–water partition coefficient (Wildman–Crippen LogP) is 2.33. The monoisotopic (exact) mass is 480 g/mol. The zero-order valence-corrected chi connectivity index (χ0v) is 20.3. The van der Waals surface area contributed by atoms with Crippen molar-refractivity contribution in [2.45, 2.75) is 68.2 Å². The van der Waals surface area contributed by atoms with Gasteiger partial charge in [-0.2, -0.15) is 16.1 Å². The van der Waals surface area contributed by atoms with Crippen LogP contribution in [0.1, 0.15) is 45.1 Å². The number of hydrogen-bond acceptors (Lipinski definition) is 5. The molecule has 1 aromatic carbocycles. The Morgan fingerprint density at radius 3 is 2.75 bits per heavy atom. The molecule has 3 atom stereocenters. The SMILES string of the molecule is CCN(CC)S(=O)(=O)c1ccc2c(c1)CCN2C(=O)CCCC[C@@H]1SC[C@@H]2NC(=O)N[C@@H]21. The van der Waals surface area contributed by atoms with Gasteiger partial charge >= 0.3 is 6.03 Å². The van der Waals surface area contributed by atoms with Gasteiger partial charge in [0, 0.05) is 42.7 Å². The molecule has 0 unspecified atom stereocenters. The van der Waals surface area contributed by atoms with Gasteiger partial charge in [-0.15, -0.1) is 0 Å². The summed E-state index contributed by atoms with van der Waals surface area (Å²) < 4.78 is 27.0. The molecule has 32 heavy (non-hydrogen) atoms. The number of amides is 3. The molecule has 10 heteroatoms. The summed E-state index contributed by atoms with van der Waals surface area (Å²) in [6.45, 7) is 5.13. The van der Waals surface area contributed by atoms with E-state index in [1.165, 1.54) is 4.31 Å². The zero-order chi connectivity index (χ0) is 22.9. The highest BCUT2D eigenvalue weighted by molar-refractivity contribution is 8.00. The summed E-state index contributed by atoms with van der Waals surface area (Å²) in [6, 6.07) is 5.50. The summed E-state index contributed by atoms with van der Waals surface area (Å²) in [7, 11) is -3.50. The van der Waals surface area contributed by atoms with Crippen LogP contribution in [-0.4, -0.2) is 67.4 Å². The van der Waals surface area contributed by atoms with Crippen LogP contribution in [0.25, 0.3) is 0 Å². The van der Waals surface area contributed by atoms with Gasteiger partial charge in [0.15, 0.2) is 0 Å². The highest BCUT2D eigenvalue weighted by Gasteiger charge is 2.42. The lowest BCUT2D eigenvalue weighted by Crippen LogP contribution is -2.36. The smallest absolute Gasteiger partial charge is 0.315 e. The van der Waals surface area contributed by atoms with Crippen molar-refractivity contribution in [2.75, 3.05) is 30.3 Å². The Morgan fingerprint density at radius 1 is 1.22 bits per heavy atom. The Labute approximate surface area is 194 Å². The molecule has 8 nitrogen and oxygen atoms in total. The number of anilines is 1. The average Bonchev–Trinajstić information content (AvgIpc) is 3.45. The summed E-state index contributed by atoms with van der Waals surface area (Å²) >= 11 is 1.89. The van der Waals surface area contributed by atoms with E-state index in [1.54, 1.807) is 23.1 Å². The topological polar surface area (TPSA) is 98.8 Å². The van der Waals surface area contributed by atoms with E-state index in [2.05, 4.69) is 10.6 Å². The molecular formula is C22H32N4O4S2. The molecule has 1 aromatic rings. The van der Waals surface area contributed by atoms with Crippen LogP contribution in [0, 0.1) is 0 Å². The van der Waals surface area contributed by atoms with Gasteiger partial charge in [-0.3, -0.25) is 4.79 Å². The van der Waals surface area contributed by atoms with Crippen LogP contribution in [0.5, 0.6) is 0 Å². The van der Waals surface area contributed by atoms with E-state index in [4.69, 9.17) is 0 Å². The molecule has 4 rings (SSSR count). The summed E-state index contributed by atoms with van der Waals surface area (Å²) in [6.07, 6.45) is 3.91. The summed E-state index contributed by atoms with van der Waals surface area (Å²) in [4.78, 5) is 26.4. The maximum atomic E-state index is 12.8. The maximum Gasteiger partial charge on any atom is 0.315 e. The Morgan fingerprint density at radius 2 is 2.00 bits per heavy atom. The molecule has 3 aliphatic rings. The van der Waals surface area contributed by atoms with Gasteiger partial charge in [0.25, 0.3) is 0 Å². The number of fused-ring (bicyclic) bond motifs is 2. The summed E-state index contributed by atoms with van der Waals surface area (Å²) in [5, 5.41) is 6.37. The first-order valence-electron chi connectivity index (χ1n) is 11.5. The quantitative estimate of drug-likeness (QED) is 0.418. The molecule has 0 saturated carbocycles. The third-order valence-electron chi connectivity index (χ3n) is 6.66. The van der Waals surface area contributed by atoms with Gasteiger partial charge in [0.2, 0.25) is 15.9 Å². The van der Waals surface area contributed by atoms with Gasteiger partial charge in [-0.1, -0.05) is 20.3 Å². The third-order valence-corrected chi connectivity index (χ3v) is 10.2. The summed E-state index contributed by atoms with van der Waals surface area (Å²) in [5.74, 6) is 1.04. The standard InChI is InChI=1S/C22H32N4O4S2/c1-3-25(4-2)32(29,30)16-9-10-18-15(13-16)11-12-26(18)20(27)8-6-5-7-19-21-17(14-31-19)23-22(28)24-21/h9-10,13,17,19,21H,3-8,11-12,14H2,1-2H3,(H2,23,24,28)/t17-,19-,21-/m0/s1. The lowest BCUT2D eigenvalue weighted by atomic mass is 10.0. The number of sulfonamides is 1. The minimum Gasteiger partial charge on any atom is -0.332 e. The lowest BCUT2D eigenvalue weighted by molar-refractivity contribution is -0.118. The molecule has 0 radical (unpaired) electrons. The molecule has 176 valence electrons. The largest absolute Gasteiger partial charge is 0.332 e. The molecule has 0 spiro atoms. The fraction of sp³-hybridized carbons (Fsp3) is 0.636. The Balaban J connectivity index is 1.30. The van der Waals surface area contributed by atoms with E-state index in [9.17, 15) is 18.0 Å². The number of hydrogen-bond donors (Lipinski definition) is 2. The molecule has 3 amide bonds. The Bertz CT molecular complexity index is 980. The summed E-state index contributed by atoms with van der Waals surface area (Å²) in [5.41, 5.74) is 1.76. The van der Waals surface area contributed by atoms with Gasteiger partial charge in [-0.05, 0) is 43.0 Å². The van der Waals surface area contributed by atoms with E-state index >= 15 is 0 Å².